The fraction of sp³-hybridized carbons (Fsp3) is 0.484. The lowest BCUT2D eigenvalue weighted by Crippen LogP contribution is -2.53. The predicted octanol–water partition coefficient (Wildman–Crippen LogP) is 4.78. The second-order valence-electron chi connectivity index (χ2n) is 11.3. The Morgan fingerprint density at radius 1 is 0.976 bits per heavy atom. The fourth-order valence-corrected chi connectivity index (χ4v) is 4.51. The summed E-state index contributed by atoms with van der Waals surface area (Å²) in [7, 11) is 0. The van der Waals surface area contributed by atoms with Gasteiger partial charge in [0.05, 0.1) is 6.42 Å². The van der Waals surface area contributed by atoms with Gasteiger partial charge in [-0.25, -0.2) is 4.79 Å². The molecule has 0 heterocycles. The number of nitrogens with two attached hydrogens (primary N) is 1. The largest absolute Gasteiger partial charge is 0.507 e. The Morgan fingerprint density at radius 2 is 1.56 bits per heavy atom. The molecule has 0 aromatic heterocycles. The number of alkyl carbamates (subject to hydrolysis) is 1. The lowest BCUT2D eigenvalue weighted by atomic mass is 9.98. The van der Waals surface area contributed by atoms with E-state index in [1.807, 2.05) is 39.0 Å². The van der Waals surface area contributed by atoms with Crippen molar-refractivity contribution in [2.45, 2.75) is 91.8 Å². The lowest BCUT2D eigenvalue weighted by molar-refractivity contribution is -0.142. The van der Waals surface area contributed by atoms with E-state index >= 15 is 0 Å². The number of nitrogens with zero attached hydrogens (tertiary/aromatic N) is 1. The molecular formula is C31H44N4O6. The monoisotopic (exact) mass is 568 g/mol. The number of para-hydroxylation sites is 2. The van der Waals surface area contributed by atoms with Gasteiger partial charge in [0, 0.05) is 17.8 Å². The SMILES string of the molecule is CCCCCN(C(=O)C(CC(N)=O)NC(=O)OC(C)(C)C)C(C(=O)Nc1c(C)cccc1C)c1cccc(C)c1O. The van der Waals surface area contributed by atoms with Gasteiger partial charge < -0.3 is 31.1 Å². The van der Waals surface area contributed by atoms with E-state index in [0.717, 1.165) is 24.0 Å². The van der Waals surface area contributed by atoms with Crippen LogP contribution in [0.2, 0.25) is 0 Å². The summed E-state index contributed by atoms with van der Waals surface area (Å²) >= 11 is 0. The summed E-state index contributed by atoms with van der Waals surface area (Å²) in [6, 6.07) is 7.89. The number of benzene rings is 2. The topological polar surface area (TPSA) is 151 Å². The van der Waals surface area contributed by atoms with Crippen LogP contribution >= 0.6 is 0 Å². The van der Waals surface area contributed by atoms with Gasteiger partial charge in [-0.1, -0.05) is 56.2 Å². The molecule has 0 aliphatic rings. The van der Waals surface area contributed by atoms with Crippen molar-refractivity contribution < 1.29 is 29.0 Å². The van der Waals surface area contributed by atoms with Gasteiger partial charge in [0.25, 0.3) is 5.91 Å². The van der Waals surface area contributed by atoms with Crippen molar-refractivity contribution in [3.8, 4) is 5.75 Å². The van der Waals surface area contributed by atoms with Crippen molar-refractivity contribution in [1.82, 2.24) is 10.2 Å². The molecule has 10 nitrogen and oxygen atoms in total. The number of phenols is 1. The second-order valence-corrected chi connectivity index (χ2v) is 11.3. The summed E-state index contributed by atoms with van der Waals surface area (Å²) in [6.07, 6.45) is 0.734. The van der Waals surface area contributed by atoms with Crippen LogP contribution in [0.1, 0.15) is 81.7 Å². The Morgan fingerprint density at radius 3 is 2.12 bits per heavy atom. The van der Waals surface area contributed by atoms with Crippen molar-refractivity contribution in [2.24, 2.45) is 5.73 Å². The number of hydrogen-bond donors (Lipinski definition) is 4. The minimum absolute atomic E-state index is 0.121. The molecule has 2 atom stereocenters. The third-order valence-electron chi connectivity index (χ3n) is 6.53. The molecule has 10 heteroatoms. The minimum atomic E-state index is -1.40. The number of ether oxygens (including phenoxy) is 1. The number of aryl methyl sites for hydroxylation is 3. The molecule has 0 aliphatic heterocycles. The van der Waals surface area contributed by atoms with E-state index in [9.17, 15) is 24.3 Å². The van der Waals surface area contributed by atoms with E-state index in [2.05, 4.69) is 10.6 Å². The number of unbranched alkanes of at least 4 members (excludes halogenated alkanes) is 2. The van der Waals surface area contributed by atoms with Crippen LogP contribution in [0.4, 0.5) is 10.5 Å². The zero-order chi connectivity index (χ0) is 30.9. The molecule has 4 amide bonds. The summed E-state index contributed by atoms with van der Waals surface area (Å²) in [5.74, 6) is -2.20. The highest BCUT2D eigenvalue weighted by Crippen LogP contribution is 2.34. The molecule has 0 saturated carbocycles. The molecule has 0 fully saturated rings. The molecule has 0 saturated heterocycles. The number of anilines is 1. The average Bonchev–Trinajstić information content (AvgIpc) is 2.86. The first-order valence-corrected chi connectivity index (χ1v) is 13.9. The molecule has 2 aromatic rings. The molecule has 5 N–H and O–H groups in total. The van der Waals surface area contributed by atoms with Crippen LogP contribution in [0.5, 0.6) is 5.75 Å². The van der Waals surface area contributed by atoms with E-state index in [1.165, 1.54) is 4.90 Å². The number of aromatic hydroxyl groups is 1. The number of hydrogen-bond acceptors (Lipinski definition) is 6. The Labute approximate surface area is 242 Å². The molecule has 0 radical (unpaired) electrons. The van der Waals surface area contributed by atoms with Gasteiger partial charge in [-0.15, -0.1) is 0 Å². The quantitative estimate of drug-likeness (QED) is 0.270. The third-order valence-corrected chi connectivity index (χ3v) is 6.53. The van der Waals surface area contributed by atoms with Crippen molar-refractivity contribution >= 4 is 29.5 Å². The molecule has 41 heavy (non-hydrogen) atoms. The maximum absolute atomic E-state index is 14.2. The van der Waals surface area contributed by atoms with Crippen LogP contribution in [-0.2, 0) is 19.1 Å². The van der Waals surface area contributed by atoms with Gasteiger partial charge in [-0.3, -0.25) is 14.4 Å². The van der Waals surface area contributed by atoms with Crippen molar-refractivity contribution in [3.05, 3.63) is 58.7 Å². The van der Waals surface area contributed by atoms with Gasteiger partial charge in [0.2, 0.25) is 11.8 Å². The summed E-state index contributed by atoms with van der Waals surface area (Å²) < 4.78 is 5.32. The summed E-state index contributed by atoms with van der Waals surface area (Å²) in [6.45, 7) is 12.6. The smallest absolute Gasteiger partial charge is 0.408 e. The van der Waals surface area contributed by atoms with Crippen LogP contribution in [0, 0.1) is 20.8 Å². The van der Waals surface area contributed by atoms with Gasteiger partial charge >= 0.3 is 6.09 Å². The normalized spacial score (nSPS) is 12.7. The fourth-order valence-electron chi connectivity index (χ4n) is 4.51. The number of carbonyl (C=O) groups excluding carboxylic acids is 4. The van der Waals surface area contributed by atoms with E-state index in [-0.39, 0.29) is 17.9 Å². The molecule has 2 unspecified atom stereocenters. The highest BCUT2D eigenvalue weighted by atomic mass is 16.6. The first kappa shape index (κ1) is 33.1. The van der Waals surface area contributed by atoms with E-state index < -0.39 is 47.9 Å². The van der Waals surface area contributed by atoms with Crippen molar-refractivity contribution in [3.63, 3.8) is 0 Å². The Bertz CT molecular complexity index is 1230. The second kappa shape index (κ2) is 14.5. The Hall–Kier alpha value is -4.08. The number of rotatable bonds is 12. The standard InChI is InChI=1S/C31H44N4O6/c1-8-9-10-17-35(29(39)23(18-24(32)36)33-30(40)41-31(5,6)7)26(22-16-12-15-21(4)27(22)37)28(38)34-25-19(2)13-11-14-20(25)3/h11-16,23,26,37H,8-10,17-18H2,1-7H3,(H2,32,36)(H,33,40)(H,34,38). The Kier molecular flexibility index (Phi) is 11.7. The molecule has 0 spiro atoms. The highest BCUT2D eigenvalue weighted by molar-refractivity contribution is 6.01. The van der Waals surface area contributed by atoms with Gasteiger partial charge in [-0.05, 0) is 64.7 Å². The van der Waals surface area contributed by atoms with Crippen LogP contribution in [-0.4, -0.2) is 52.0 Å². The van der Waals surface area contributed by atoms with Crippen molar-refractivity contribution in [1.29, 1.82) is 0 Å². The maximum Gasteiger partial charge on any atom is 0.408 e. The molecule has 2 aromatic carbocycles. The van der Waals surface area contributed by atoms with Crippen molar-refractivity contribution in [2.75, 3.05) is 11.9 Å². The zero-order valence-electron chi connectivity index (χ0n) is 25.2. The number of phenolic OH excluding ortho intramolecular Hbond substituents is 1. The molecular weight excluding hydrogens is 524 g/mol. The highest BCUT2D eigenvalue weighted by Gasteiger charge is 2.38. The first-order valence-electron chi connectivity index (χ1n) is 13.9. The number of carbonyl (C=O) groups is 4. The molecule has 0 aliphatic carbocycles. The number of amides is 4. The van der Waals surface area contributed by atoms with Gasteiger partial charge in [0.15, 0.2) is 0 Å². The van der Waals surface area contributed by atoms with Crippen LogP contribution in [0.15, 0.2) is 36.4 Å². The van der Waals surface area contributed by atoms with Gasteiger partial charge in [0.1, 0.15) is 23.4 Å². The maximum atomic E-state index is 14.2. The zero-order valence-corrected chi connectivity index (χ0v) is 25.2. The van der Waals surface area contributed by atoms with E-state index in [0.29, 0.717) is 17.7 Å². The van der Waals surface area contributed by atoms with Crippen LogP contribution in [0.3, 0.4) is 0 Å². The summed E-state index contributed by atoms with van der Waals surface area (Å²) in [4.78, 5) is 54.2. The summed E-state index contributed by atoms with van der Waals surface area (Å²) in [5.41, 5.74) is 7.59. The average molecular weight is 569 g/mol. The lowest BCUT2D eigenvalue weighted by Gasteiger charge is -2.35. The molecule has 224 valence electrons. The molecule has 2 rings (SSSR count). The van der Waals surface area contributed by atoms with E-state index in [1.54, 1.807) is 45.9 Å². The van der Waals surface area contributed by atoms with E-state index in [4.69, 9.17) is 10.5 Å². The minimum Gasteiger partial charge on any atom is -0.507 e. The van der Waals surface area contributed by atoms with Crippen LogP contribution in [0.25, 0.3) is 0 Å². The predicted molar refractivity (Wildman–Crippen MR) is 158 cm³/mol. The van der Waals surface area contributed by atoms with Gasteiger partial charge in [-0.2, -0.15) is 0 Å². The Balaban J connectivity index is 2.65. The molecule has 0 bridgehead atoms. The van der Waals surface area contributed by atoms with Crippen LogP contribution < -0.4 is 16.4 Å². The number of primary amides is 1. The third kappa shape index (κ3) is 9.51. The number of nitrogens with one attached hydrogen (secondary N) is 2. The first-order chi connectivity index (χ1) is 19.2. The summed E-state index contributed by atoms with van der Waals surface area (Å²) in [5, 5.41) is 16.5.